The highest BCUT2D eigenvalue weighted by Crippen LogP contribution is 2.37. The highest BCUT2D eigenvalue weighted by atomic mass is 16.5. The number of rotatable bonds is 4. The van der Waals surface area contributed by atoms with E-state index in [0.717, 1.165) is 53.5 Å². The minimum absolute atomic E-state index is 0.161. The smallest absolute Gasteiger partial charge is 0.227 e. The summed E-state index contributed by atoms with van der Waals surface area (Å²) in [5.74, 6) is 1.89. The van der Waals surface area contributed by atoms with Crippen LogP contribution in [0.5, 0.6) is 0 Å². The van der Waals surface area contributed by atoms with Crippen molar-refractivity contribution < 1.29 is 4.74 Å². The van der Waals surface area contributed by atoms with Crippen molar-refractivity contribution in [2.75, 3.05) is 31.6 Å². The average molecular weight is 424 g/mol. The number of anilines is 1. The van der Waals surface area contributed by atoms with E-state index in [1.54, 1.807) is 19.5 Å². The highest BCUT2D eigenvalue weighted by molar-refractivity contribution is 5.80. The lowest BCUT2D eigenvalue weighted by atomic mass is 9.81. The molecule has 166 valence electrons. The molecule has 8 heteroatoms. The van der Waals surface area contributed by atoms with E-state index in [4.69, 9.17) is 30.4 Å². The van der Waals surface area contributed by atoms with E-state index in [2.05, 4.69) is 16.8 Å². The first-order valence-electron chi connectivity index (χ1n) is 11.2. The lowest BCUT2D eigenvalue weighted by molar-refractivity contribution is 0.0673. The Morgan fingerprint density at radius 3 is 2.55 bits per heavy atom. The second-order valence-electron chi connectivity index (χ2n) is 8.79. The topological polar surface area (TPSA) is 102 Å². The highest BCUT2D eigenvalue weighted by Gasteiger charge is 2.29. The Morgan fingerprint density at radius 1 is 1.10 bits per heavy atom. The van der Waals surface area contributed by atoms with Crippen LogP contribution in [-0.4, -0.2) is 59.0 Å². The second-order valence-corrected chi connectivity index (χ2v) is 8.79. The first-order chi connectivity index (χ1) is 15.0. The van der Waals surface area contributed by atoms with E-state index in [9.17, 15) is 0 Å². The van der Waals surface area contributed by atoms with E-state index in [0.29, 0.717) is 30.7 Å². The van der Waals surface area contributed by atoms with Gasteiger partial charge in [-0.05, 0) is 32.6 Å². The molecule has 8 nitrogen and oxygen atoms in total. The largest absolute Gasteiger partial charge is 0.404 e. The van der Waals surface area contributed by atoms with Crippen molar-refractivity contribution in [3.05, 3.63) is 28.9 Å². The van der Waals surface area contributed by atoms with Crippen LogP contribution in [0, 0.1) is 19.8 Å². The van der Waals surface area contributed by atoms with E-state index in [-0.39, 0.29) is 6.10 Å². The van der Waals surface area contributed by atoms with E-state index < -0.39 is 0 Å². The van der Waals surface area contributed by atoms with Crippen molar-refractivity contribution in [2.45, 2.75) is 58.5 Å². The maximum absolute atomic E-state index is 5.95. The third-order valence-corrected chi connectivity index (χ3v) is 6.55. The van der Waals surface area contributed by atoms with Crippen LogP contribution in [0.1, 0.15) is 55.6 Å². The zero-order valence-corrected chi connectivity index (χ0v) is 19.0. The number of nitrogens with two attached hydrogens (primary N) is 1. The molecule has 31 heavy (non-hydrogen) atoms. The molecule has 0 aromatic carbocycles. The molecule has 2 fully saturated rings. The molecule has 3 heterocycles. The molecule has 1 saturated carbocycles. The van der Waals surface area contributed by atoms with Crippen LogP contribution in [0.2, 0.25) is 0 Å². The number of aliphatic imine (C=N–C) groups is 1. The Morgan fingerprint density at radius 2 is 1.84 bits per heavy atom. The zero-order chi connectivity index (χ0) is 22.0. The molecule has 1 atom stereocenters. The Labute approximate surface area is 184 Å². The lowest BCUT2D eigenvalue weighted by Gasteiger charge is -2.34. The summed E-state index contributed by atoms with van der Waals surface area (Å²) in [5, 5.41) is 0. The van der Waals surface area contributed by atoms with E-state index in [1.807, 2.05) is 13.8 Å². The van der Waals surface area contributed by atoms with Gasteiger partial charge in [0.05, 0.1) is 30.2 Å². The molecule has 0 unspecified atom stereocenters. The molecule has 0 spiro atoms. The third kappa shape index (κ3) is 4.54. The first kappa shape index (κ1) is 21.6. The van der Waals surface area contributed by atoms with Crippen LogP contribution in [0.4, 0.5) is 5.95 Å². The second kappa shape index (κ2) is 9.26. The Balaban J connectivity index is 1.73. The van der Waals surface area contributed by atoms with Crippen molar-refractivity contribution in [1.82, 2.24) is 19.9 Å². The van der Waals surface area contributed by atoms with Gasteiger partial charge in [0, 0.05) is 37.5 Å². The number of aryl methyl sites for hydroxylation is 2. The Kier molecular flexibility index (Phi) is 6.46. The lowest BCUT2D eigenvalue weighted by Crippen LogP contribution is -2.44. The molecule has 2 aromatic rings. The Hall–Kier alpha value is -2.61. The number of hydrogen-bond acceptors (Lipinski definition) is 8. The molecule has 1 aliphatic heterocycles. The normalized spacial score (nSPS) is 25.5. The van der Waals surface area contributed by atoms with Crippen LogP contribution < -0.4 is 10.6 Å². The van der Waals surface area contributed by atoms with Gasteiger partial charge in [0.1, 0.15) is 11.6 Å². The average Bonchev–Trinajstić information content (AvgIpc) is 2.78. The van der Waals surface area contributed by atoms with Gasteiger partial charge in [-0.15, -0.1) is 0 Å². The predicted octanol–water partition coefficient (Wildman–Crippen LogP) is 3.08. The van der Waals surface area contributed by atoms with Gasteiger partial charge in [0.2, 0.25) is 5.95 Å². The van der Waals surface area contributed by atoms with Crippen molar-refractivity contribution in [1.29, 1.82) is 0 Å². The molecule has 0 radical (unpaired) electrons. The molecule has 4 rings (SSSR count). The maximum Gasteiger partial charge on any atom is 0.227 e. The van der Waals surface area contributed by atoms with Gasteiger partial charge in [-0.1, -0.05) is 19.8 Å². The molecular weight excluding hydrogens is 390 g/mol. The number of hydrogen-bond donors (Lipinski definition) is 1. The predicted molar refractivity (Wildman–Crippen MR) is 124 cm³/mol. The number of morpholine rings is 1. The summed E-state index contributed by atoms with van der Waals surface area (Å²) >= 11 is 0. The number of nitrogens with zero attached hydrogens (tertiary/aromatic N) is 6. The SMILES string of the molecule is CN=C/C(=C\N)[C@H]1CN(c2nc(C3CCC(C)CC3)c3nc(C)c(C)nc3n2)CCO1. The van der Waals surface area contributed by atoms with Crippen LogP contribution >= 0.6 is 0 Å². The third-order valence-electron chi connectivity index (χ3n) is 6.55. The minimum Gasteiger partial charge on any atom is -0.404 e. The summed E-state index contributed by atoms with van der Waals surface area (Å²) in [5.41, 5.74) is 11.1. The summed E-state index contributed by atoms with van der Waals surface area (Å²) in [4.78, 5) is 25.8. The van der Waals surface area contributed by atoms with Crippen LogP contribution in [0.25, 0.3) is 11.2 Å². The molecule has 2 aromatic heterocycles. The van der Waals surface area contributed by atoms with Gasteiger partial charge >= 0.3 is 0 Å². The van der Waals surface area contributed by atoms with Gasteiger partial charge in [-0.25, -0.2) is 15.0 Å². The summed E-state index contributed by atoms with van der Waals surface area (Å²) in [6.45, 7) is 8.26. The van der Waals surface area contributed by atoms with Gasteiger partial charge in [0.15, 0.2) is 5.65 Å². The van der Waals surface area contributed by atoms with Crippen molar-refractivity contribution in [2.24, 2.45) is 16.6 Å². The monoisotopic (exact) mass is 423 g/mol. The summed E-state index contributed by atoms with van der Waals surface area (Å²) in [7, 11) is 1.73. The fourth-order valence-electron chi connectivity index (χ4n) is 4.50. The Bertz CT molecular complexity index is 995. The molecule has 0 bridgehead atoms. The van der Waals surface area contributed by atoms with Crippen molar-refractivity contribution in [3.63, 3.8) is 0 Å². The van der Waals surface area contributed by atoms with Gasteiger partial charge in [-0.3, -0.25) is 4.99 Å². The van der Waals surface area contributed by atoms with Gasteiger partial charge < -0.3 is 15.4 Å². The molecule has 2 N–H and O–H groups in total. The molecule has 1 saturated heterocycles. The standard InChI is InChI=1S/C23H33N7O/c1-14-5-7-17(8-6-14)20-21-22(27-16(3)15(2)26-21)29-23(28-20)30-9-10-31-19(13-30)18(11-24)12-25-4/h11-12,14,17,19H,5-10,13,24H2,1-4H3/b18-11+,25-12?/t14?,17?,19-/m1/s1. The number of aromatic nitrogens is 4. The molecule has 0 amide bonds. The zero-order valence-electron chi connectivity index (χ0n) is 19.0. The summed E-state index contributed by atoms with van der Waals surface area (Å²) in [6, 6.07) is 0. The number of fused-ring (bicyclic) bond motifs is 1. The van der Waals surface area contributed by atoms with E-state index >= 15 is 0 Å². The van der Waals surface area contributed by atoms with Gasteiger partial charge in [-0.2, -0.15) is 4.98 Å². The minimum atomic E-state index is -0.161. The molecule has 2 aliphatic rings. The molecular formula is C23H33N7O. The summed E-state index contributed by atoms with van der Waals surface area (Å²) in [6.07, 6.45) is 7.89. The van der Waals surface area contributed by atoms with Gasteiger partial charge in [0.25, 0.3) is 0 Å². The van der Waals surface area contributed by atoms with Crippen molar-refractivity contribution in [3.8, 4) is 0 Å². The fraction of sp³-hybridized carbons (Fsp3) is 0.609. The molecule has 1 aliphatic carbocycles. The van der Waals surface area contributed by atoms with Crippen LogP contribution in [0.3, 0.4) is 0 Å². The van der Waals surface area contributed by atoms with E-state index in [1.165, 1.54) is 12.8 Å². The van der Waals surface area contributed by atoms with Crippen LogP contribution in [0.15, 0.2) is 16.8 Å². The van der Waals surface area contributed by atoms with Crippen LogP contribution in [-0.2, 0) is 4.74 Å². The van der Waals surface area contributed by atoms with Crippen molar-refractivity contribution >= 4 is 23.3 Å². The number of ether oxygens (including phenoxy) is 1. The quantitative estimate of drug-likeness (QED) is 0.754. The summed E-state index contributed by atoms with van der Waals surface area (Å²) < 4.78 is 5.95. The fourth-order valence-corrected chi connectivity index (χ4v) is 4.50. The first-order valence-corrected chi connectivity index (χ1v) is 11.2. The maximum atomic E-state index is 5.95.